The molecule has 2 aromatic carbocycles. The predicted molar refractivity (Wildman–Crippen MR) is 98.4 cm³/mol. The highest BCUT2D eigenvalue weighted by Crippen LogP contribution is 2.24. The quantitative estimate of drug-likeness (QED) is 0.658. The summed E-state index contributed by atoms with van der Waals surface area (Å²) >= 11 is 11.9. The fraction of sp³-hybridized carbons (Fsp3) is 0. The fourth-order valence-electron chi connectivity index (χ4n) is 2.05. The molecule has 0 radical (unpaired) electrons. The lowest BCUT2D eigenvalue weighted by molar-refractivity contribution is 0.102. The number of anilines is 3. The van der Waals surface area contributed by atoms with Gasteiger partial charge in [0.15, 0.2) is 0 Å². The van der Waals surface area contributed by atoms with Crippen LogP contribution in [-0.4, -0.2) is 10.9 Å². The van der Waals surface area contributed by atoms with Gasteiger partial charge < -0.3 is 10.6 Å². The molecule has 0 unspecified atom stereocenters. The first kappa shape index (κ1) is 16.3. The predicted octanol–water partition coefficient (Wildman–Crippen LogP) is 5.38. The highest BCUT2D eigenvalue weighted by molar-refractivity contribution is 6.33. The Bertz CT molecular complexity index is 849. The minimum absolute atomic E-state index is 0.244. The fourth-order valence-corrected chi connectivity index (χ4v) is 2.36. The van der Waals surface area contributed by atoms with Gasteiger partial charge in [0, 0.05) is 10.6 Å². The molecule has 2 N–H and O–H groups in total. The molecule has 0 fully saturated rings. The summed E-state index contributed by atoms with van der Waals surface area (Å²) in [7, 11) is 0. The largest absolute Gasteiger partial charge is 0.353 e. The zero-order valence-electron chi connectivity index (χ0n) is 12.5. The van der Waals surface area contributed by atoms with E-state index in [0.717, 1.165) is 11.4 Å². The zero-order chi connectivity index (χ0) is 16.9. The molecule has 0 bridgehead atoms. The van der Waals surface area contributed by atoms with Gasteiger partial charge in [0.1, 0.15) is 5.82 Å². The van der Waals surface area contributed by atoms with E-state index in [9.17, 15) is 4.79 Å². The van der Waals surface area contributed by atoms with Crippen LogP contribution in [0.1, 0.15) is 10.4 Å². The molecular weight excluding hydrogens is 345 g/mol. The average molecular weight is 358 g/mol. The first-order chi connectivity index (χ1) is 11.6. The molecule has 120 valence electrons. The molecule has 0 saturated heterocycles. The van der Waals surface area contributed by atoms with Crippen LogP contribution in [-0.2, 0) is 0 Å². The number of halogens is 2. The number of para-hydroxylation sites is 1. The minimum Gasteiger partial charge on any atom is -0.353 e. The molecule has 0 aliphatic carbocycles. The Morgan fingerprint density at radius 2 is 1.67 bits per heavy atom. The summed E-state index contributed by atoms with van der Waals surface area (Å²) in [5, 5.41) is 7.11. The number of nitrogens with one attached hydrogen (secondary N) is 2. The van der Waals surface area contributed by atoms with E-state index in [1.807, 2.05) is 24.3 Å². The number of aromatic nitrogens is 1. The van der Waals surface area contributed by atoms with Gasteiger partial charge in [0.05, 0.1) is 22.6 Å². The third kappa shape index (κ3) is 4.04. The van der Waals surface area contributed by atoms with Crippen molar-refractivity contribution in [3.8, 4) is 0 Å². The Morgan fingerprint density at radius 3 is 2.33 bits per heavy atom. The van der Waals surface area contributed by atoms with Gasteiger partial charge in [0.25, 0.3) is 5.91 Å². The number of hydrogen-bond donors (Lipinski definition) is 2. The van der Waals surface area contributed by atoms with Crippen LogP contribution in [0, 0.1) is 0 Å². The topological polar surface area (TPSA) is 54.0 Å². The molecule has 1 aromatic heterocycles. The second-order valence-corrected chi connectivity index (χ2v) is 5.84. The molecule has 0 spiro atoms. The zero-order valence-corrected chi connectivity index (χ0v) is 14.0. The highest BCUT2D eigenvalue weighted by atomic mass is 35.5. The number of carbonyl (C=O) groups excluding carboxylic acids is 1. The lowest BCUT2D eigenvalue weighted by Crippen LogP contribution is -2.12. The summed E-state index contributed by atoms with van der Waals surface area (Å²) in [5.41, 5.74) is 2.07. The van der Waals surface area contributed by atoms with E-state index in [-0.39, 0.29) is 5.91 Å². The number of rotatable bonds is 4. The van der Waals surface area contributed by atoms with Crippen molar-refractivity contribution in [3.05, 3.63) is 82.5 Å². The number of benzene rings is 2. The van der Waals surface area contributed by atoms with Crippen molar-refractivity contribution < 1.29 is 4.79 Å². The van der Waals surface area contributed by atoms with Gasteiger partial charge in [-0.25, -0.2) is 4.98 Å². The van der Waals surface area contributed by atoms with Crippen molar-refractivity contribution in [1.82, 2.24) is 4.98 Å². The van der Waals surface area contributed by atoms with E-state index < -0.39 is 0 Å². The first-order valence-corrected chi connectivity index (χ1v) is 7.92. The van der Waals surface area contributed by atoms with Gasteiger partial charge in [-0.15, -0.1) is 0 Å². The Morgan fingerprint density at radius 1 is 0.917 bits per heavy atom. The van der Waals surface area contributed by atoms with Gasteiger partial charge in [0.2, 0.25) is 0 Å². The number of amides is 1. The molecule has 0 aliphatic rings. The van der Waals surface area contributed by atoms with E-state index in [0.29, 0.717) is 21.4 Å². The van der Waals surface area contributed by atoms with Crippen molar-refractivity contribution in [3.63, 3.8) is 0 Å². The monoisotopic (exact) mass is 357 g/mol. The van der Waals surface area contributed by atoms with Crippen LogP contribution in [0.4, 0.5) is 17.2 Å². The third-order valence-corrected chi connectivity index (χ3v) is 3.85. The van der Waals surface area contributed by atoms with Crippen LogP contribution in [0.15, 0.2) is 66.9 Å². The van der Waals surface area contributed by atoms with Crippen molar-refractivity contribution in [2.45, 2.75) is 0 Å². The van der Waals surface area contributed by atoms with Crippen LogP contribution in [0.3, 0.4) is 0 Å². The van der Waals surface area contributed by atoms with E-state index in [4.69, 9.17) is 23.2 Å². The molecule has 24 heavy (non-hydrogen) atoms. The summed E-state index contributed by atoms with van der Waals surface area (Å²) in [6.45, 7) is 0. The van der Waals surface area contributed by atoms with E-state index in [1.165, 1.54) is 0 Å². The van der Waals surface area contributed by atoms with E-state index >= 15 is 0 Å². The molecule has 3 aromatic rings. The van der Waals surface area contributed by atoms with E-state index in [2.05, 4.69) is 15.6 Å². The van der Waals surface area contributed by atoms with Crippen molar-refractivity contribution >= 4 is 46.3 Å². The SMILES string of the molecule is O=C(Nc1ccc(Nc2ccccc2Cl)cn1)c1ccc(Cl)cc1. The summed E-state index contributed by atoms with van der Waals surface area (Å²) in [4.78, 5) is 16.3. The molecule has 1 amide bonds. The minimum atomic E-state index is -0.244. The van der Waals surface area contributed by atoms with Crippen LogP contribution in [0.5, 0.6) is 0 Å². The second-order valence-electron chi connectivity index (χ2n) is 5.00. The van der Waals surface area contributed by atoms with Gasteiger partial charge >= 0.3 is 0 Å². The lowest BCUT2D eigenvalue weighted by atomic mass is 10.2. The summed E-state index contributed by atoms with van der Waals surface area (Å²) in [6.07, 6.45) is 1.63. The maximum absolute atomic E-state index is 12.1. The molecule has 0 saturated carbocycles. The van der Waals surface area contributed by atoms with Crippen LogP contribution in [0.2, 0.25) is 10.0 Å². The number of carbonyl (C=O) groups is 1. The van der Waals surface area contributed by atoms with Crippen molar-refractivity contribution in [2.75, 3.05) is 10.6 Å². The van der Waals surface area contributed by atoms with Gasteiger partial charge in [-0.2, -0.15) is 0 Å². The average Bonchev–Trinajstić information content (AvgIpc) is 2.59. The number of hydrogen-bond acceptors (Lipinski definition) is 3. The van der Waals surface area contributed by atoms with Crippen molar-refractivity contribution in [2.24, 2.45) is 0 Å². The standard InChI is InChI=1S/C18H13Cl2N3O/c19-13-7-5-12(6-8-13)18(24)23-17-10-9-14(11-21-17)22-16-4-2-1-3-15(16)20/h1-11,22H,(H,21,23,24). The Kier molecular flexibility index (Phi) is 4.99. The molecule has 3 rings (SSSR count). The molecule has 0 atom stereocenters. The molecule has 6 heteroatoms. The van der Waals surface area contributed by atoms with Crippen molar-refractivity contribution in [1.29, 1.82) is 0 Å². The Labute approximate surface area is 149 Å². The normalized spacial score (nSPS) is 10.2. The van der Waals surface area contributed by atoms with Crippen LogP contribution in [0.25, 0.3) is 0 Å². The Hall–Kier alpha value is -2.56. The number of nitrogens with zero attached hydrogens (tertiary/aromatic N) is 1. The maximum atomic E-state index is 12.1. The second kappa shape index (κ2) is 7.34. The summed E-state index contributed by atoms with van der Waals surface area (Å²) < 4.78 is 0. The third-order valence-electron chi connectivity index (χ3n) is 3.26. The van der Waals surface area contributed by atoms with Gasteiger partial charge in [-0.3, -0.25) is 4.79 Å². The molecule has 0 aliphatic heterocycles. The lowest BCUT2D eigenvalue weighted by Gasteiger charge is -2.09. The molecule has 1 heterocycles. The maximum Gasteiger partial charge on any atom is 0.256 e. The van der Waals surface area contributed by atoms with Crippen LogP contribution >= 0.6 is 23.2 Å². The van der Waals surface area contributed by atoms with Crippen LogP contribution < -0.4 is 10.6 Å². The van der Waals surface area contributed by atoms with Gasteiger partial charge in [-0.1, -0.05) is 35.3 Å². The van der Waals surface area contributed by atoms with Gasteiger partial charge in [-0.05, 0) is 48.5 Å². The molecular formula is C18H13Cl2N3O. The van der Waals surface area contributed by atoms with E-state index in [1.54, 1.807) is 42.6 Å². The Balaban J connectivity index is 1.67. The highest BCUT2D eigenvalue weighted by Gasteiger charge is 2.07. The number of pyridine rings is 1. The molecule has 4 nitrogen and oxygen atoms in total. The summed E-state index contributed by atoms with van der Waals surface area (Å²) in [5.74, 6) is 0.214. The smallest absolute Gasteiger partial charge is 0.256 e. The first-order valence-electron chi connectivity index (χ1n) is 7.16. The summed E-state index contributed by atoms with van der Waals surface area (Å²) in [6, 6.07) is 17.6.